The van der Waals surface area contributed by atoms with E-state index < -0.39 is 23.6 Å². The van der Waals surface area contributed by atoms with E-state index in [1.54, 1.807) is 12.2 Å². The van der Waals surface area contributed by atoms with E-state index in [1.165, 1.54) is 12.1 Å². The van der Waals surface area contributed by atoms with Gasteiger partial charge in [-0.15, -0.1) is 0 Å². The number of amides is 3. The standard InChI is InChI=1S/C14H19F2N3O2/c1-3-6-17-14(21)19-13(20)8-18-9(2)11-5-4-10(15)7-12(11)16/h4-5,7,9,18H,3,6,8H2,1-2H3,(H2,17,19,20,21)/p+1/t9-/m0/s1. The third kappa shape index (κ3) is 5.86. The molecule has 0 aliphatic heterocycles. The van der Waals surface area contributed by atoms with E-state index in [1.807, 2.05) is 6.92 Å². The summed E-state index contributed by atoms with van der Waals surface area (Å²) in [6.07, 6.45) is 0.772. The fraction of sp³-hybridized carbons (Fsp3) is 0.429. The van der Waals surface area contributed by atoms with Crippen LogP contribution in [0.15, 0.2) is 18.2 Å². The third-order valence-corrected chi connectivity index (χ3v) is 2.90. The fourth-order valence-corrected chi connectivity index (χ4v) is 1.74. The summed E-state index contributed by atoms with van der Waals surface area (Å²) in [5.41, 5.74) is 0.305. The maximum absolute atomic E-state index is 13.6. The van der Waals surface area contributed by atoms with Gasteiger partial charge in [0.25, 0.3) is 5.91 Å². The quantitative estimate of drug-likeness (QED) is 0.728. The highest BCUT2D eigenvalue weighted by Gasteiger charge is 2.16. The first-order chi connectivity index (χ1) is 9.93. The molecule has 0 fully saturated rings. The third-order valence-electron chi connectivity index (χ3n) is 2.90. The van der Waals surface area contributed by atoms with E-state index in [0.717, 1.165) is 12.5 Å². The van der Waals surface area contributed by atoms with Crippen molar-refractivity contribution < 1.29 is 23.7 Å². The van der Waals surface area contributed by atoms with Crippen LogP contribution in [0.1, 0.15) is 31.9 Å². The fourth-order valence-electron chi connectivity index (χ4n) is 1.74. The van der Waals surface area contributed by atoms with Crippen LogP contribution in [0, 0.1) is 11.6 Å². The van der Waals surface area contributed by atoms with Gasteiger partial charge in [-0.25, -0.2) is 13.6 Å². The minimum atomic E-state index is -0.653. The largest absolute Gasteiger partial charge is 0.338 e. The average Bonchev–Trinajstić information content (AvgIpc) is 2.42. The predicted octanol–water partition coefficient (Wildman–Crippen LogP) is 0.825. The Morgan fingerprint density at radius 2 is 2.05 bits per heavy atom. The van der Waals surface area contributed by atoms with Gasteiger partial charge >= 0.3 is 6.03 Å². The number of carbonyl (C=O) groups is 2. The summed E-state index contributed by atoms with van der Waals surface area (Å²) in [6.45, 7) is 4.05. The first kappa shape index (κ1) is 17.0. The summed E-state index contributed by atoms with van der Waals surface area (Å²) in [7, 11) is 0. The molecule has 0 heterocycles. The zero-order chi connectivity index (χ0) is 15.8. The number of hydrogen-bond acceptors (Lipinski definition) is 2. The van der Waals surface area contributed by atoms with Crippen LogP contribution in [0.5, 0.6) is 0 Å². The van der Waals surface area contributed by atoms with Gasteiger partial charge in [-0.1, -0.05) is 6.92 Å². The van der Waals surface area contributed by atoms with Gasteiger partial charge in [0.2, 0.25) is 0 Å². The van der Waals surface area contributed by atoms with E-state index in [-0.39, 0.29) is 12.6 Å². The highest BCUT2D eigenvalue weighted by atomic mass is 19.1. The van der Waals surface area contributed by atoms with E-state index in [0.29, 0.717) is 12.1 Å². The molecule has 0 saturated carbocycles. The Bertz CT molecular complexity index is 509. The van der Waals surface area contributed by atoms with Crippen molar-refractivity contribution in [2.24, 2.45) is 0 Å². The smallest absolute Gasteiger partial charge is 0.321 e. The Hall–Kier alpha value is -2.02. The first-order valence-corrected chi connectivity index (χ1v) is 6.80. The SMILES string of the molecule is CCCNC(=O)NC(=O)C[NH2+][C@@H](C)c1ccc(F)cc1F. The van der Waals surface area contributed by atoms with Gasteiger partial charge in [0.15, 0.2) is 6.54 Å². The molecule has 1 aromatic rings. The number of nitrogens with two attached hydrogens (primary N) is 1. The molecule has 1 atom stereocenters. The maximum Gasteiger partial charge on any atom is 0.321 e. The lowest BCUT2D eigenvalue weighted by Gasteiger charge is -2.12. The Kier molecular flexibility index (Phi) is 6.74. The van der Waals surface area contributed by atoms with Crippen LogP contribution < -0.4 is 16.0 Å². The summed E-state index contributed by atoms with van der Waals surface area (Å²) < 4.78 is 26.4. The van der Waals surface area contributed by atoms with Crippen LogP contribution in [0.4, 0.5) is 13.6 Å². The molecule has 0 aliphatic rings. The minimum Gasteiger partial charge on any atom is -0.338 e. The van der Waals surface area contributed by atoms with Crippen LogP contribution in [-0.4, -0.2) is 25.0 Å². The highest BCUT2D eigenvalue weighted by Crippen LogP contribution is 2.14. The molecule has 1 rings (SSSR count). The van der Waals surface area contributed by atoms with Crippen LogP contribution >= 0.6 is 0 Å². The second-order valence-corrected chi connectivity index (χ2v) is 4.70. The van der Waals surface area contributed by atoms with Crippen molar-refractivity contribution in [3.05, 3.63) is 35.4 Å². The van der Waals surface area contributed by atoms with Crippen molar-refractivity contribution in [3.63, 3.8) is 0 Å². The van der Waals surface area contributed by atoms with Crippen LogP contribution in [0.2, 0.25) is 0 Å². The summed E-state index contributed by atoms with van der Waals surface area (Å²) in [5.74, 6) is -1.77. The molecule has 0 spiro atoms. The normalized spacial score (nSPS) is 11.8. The minimum absolute atomic E-state index is 0.0302. The Morgan fingerprint density at radius 3 is 2.67 bits per heavy atom. The lowest BCUT2D eigenvalue weighted by molar-refractivity contribution is -0.682. The molecular formula is C14H20F2N3O2+. The van der Waals surface area contributed by atoms with Gasteiger partial charge in [0, 0.05) is 18.2 Å². The summed E-state index contributed by atoms with van der Waals surface area (Å²) in [6, 6.07) is 2.40. The van der Waals surface area contributed by atoms with Crippen molar-refractivity contribution in [1.82, 2.24) is 10.6 Å². The Labute approximate surface area is 122 Å². The summed E-state index contributed by atoms with van der Waals surface area (Å²) in [4.78, 5) is 22.8. The number of benzene rings is 1. The van der Waals surface area contributed by atoms with E-state index >= 15 is 0 Å². The average molecular weight is 300 g/mol. The zero-order valence-electron chi connectivity index (χ0n) is 12.1. The molecular weight excluding hydrogens is 280 g/mol. The number of halogens is 2. The molecule has 3 amide bonds. The van der Waals surface area contributed by atoms with Crippen molar-refractivity contribution in [1.29, 1.82) is 0 Å². The lowest BCUT2D eigenvalue weighted by atomic mass is 10.1. The van der Waals surface area contributed by atoms with Crippen molar-refractivity contribution in [3.8, 4) is 0 Å². The number of hydrogen-bond donors (Lipinski definition) is 3. The monoisotopic (exact) mass is 300 g/mol. The van der Waals surface area contributed by atoms with Gasteiger partial charge in [-0.3, -0.25) is 10.1 Å². The first-order valence-electron chi connectivity index (χ1n) is 6.80. The summed E-state index contributed by atoms with van der Waals surface area (Å²) in [5, 5.41) is 6.25. The zero-order valence-corrected chi connectivity index (χ0v) is 12.1. The predicted molar refractivity (Wildman–Crippen MR) is 73.4 cm³/mol. The second-order valence-electron chi connectivity index (χ2n) is 4.70. The Balaban J connectivity index is 2.43. The molecule has 116 valence electrons. The molecule has 21 heavy (non-hydrogen) atoms. The molecule has 4 N–H and O–H groups in total. The van der Waals surface area contributed by atoms with Crippen molar-refractivity contribution in [2.75, 3.05) is 13.1 Å². The van der Waals surface area contributed by atoms with Crippen molar-refractivity contribution in [2.45, 2.75) is 26.3 Å². The van der Waals surface area contributed by atoms with Crippen LogP contribution in [0.3, 0.4) is 0 Å². The number of carbonyl (C=O) groups excluding carboxylic acids is 2. The molecule has 7 heteroatoms. The second kappa shape index (κ2) is 8.31. The van der Waals surface area contributed by atoms with Gasteiger partial charge in [-0.2, -0.15) is 0 Å². The number of quaternary nitrogens is 1. The van der Waals surface area contributed by atoms with Gasteiger partial charge in [0.1, 0.15) is 17.7 Å². The topological polar surface area (TPSA) is 74.8 Å². The van der Waals surface area contributed by atoms with E-state index in [2.05, 4.69) is 10.6 Å². The van der Waals surface area contributed by atoms with E-state index in [9.17, 15) is 18.4 Å². The number of nitrogens with one attached hydrogen (secondary N) is 2. The van der Waals surface area contributed by atoms with Gasteiger partial charge < -0.3 is 10.6 Å². The number of imide groups is 1. The molecule has 0 unspecified atom stereocenters. The van der Waals surface area contributed by atoms with Crippen molar-refractivity contribution >= 4 is 11.9 Å². The molecule has 0 aliphatic carbocycles. The maximum atomic E-state index is 13.6. The van der Waals surface area contributed by atoms with Crippen LogP contribution in [0.25, 0.3) is 0 Å². The molecule has 1 aromatic carbocycles. The molecule has 5 nitrogen and oxygen atoms in total. The van der Waals surface area contributed by atoms with Gasteiger partial charge in [-0.05, 0) is 25.5 Å². The van der Waals surface area contributed by atoms with Crippen LogP contribution in [-0.2, 0) is 4.79 Å². The molecule has 0 saturated heterocycles. The van der Waals surface area contributed by atoms with Gasteiger partial charge in [0.05, 0.1) is 0 Å². The molecule has 0 radical (unpaired) electrons. The molecule has 0 bridgehead atoms. The highest BCUT2D eigenvalue weighted by molar-refractivity contribution is 5.94. The number of rotatable bonds is 6. The Morgan fingerprint density at radius 1 is 1.33 bits per heavy atom. The lowest BCUT2D eigenvalue weighted by Crippen LogP contribution is -2.87. The summed E-state index contributed by atoms with van der Waals surface area (Å²) >= 11 is 0. The number of urea groups is 1. The molecule has 0 aromatic heterocycles. The van der Waals surface area contributed by atoms with E-state index in [4.69, 9.17) is 0 Å².